The van der Waals surface area contributed by atoms with Gasteiger partial charge in [0.05, 0.1) is 16.1 Å². The van der Waals surface area contributed by atoms with E-state index in [9.17, 15) is 4.79 Å². The van der Waals surface area contributed by atoms with Crippen molar-refractivity contribution in [3.05, 3.63) is 80.5 Å². The first-order valence-corrected chi connectivity index (χ1v) is 12.6. The van der Waals surface area contributed by atoms with Gasteiger partial charge in [0.25, 0.3) is 0 Å². The molecule has 0 saturated heterocycles. The Labute approximate surface area is 193 Å². The molecule has 0 fully saturated rings. The van der Waals surface area contributed by atoms with Gasteiger partial charge in [0.2, 0.25) is 0 Å². The summed E-state index contributed by atoms with van der Waals surface area (Å²) in [6, 6.07) is 20.4. The average Bonchev–Trinajstić information content (AvgIpc) is 3.14. The number of amides is 1. The molecule has 0 atom stereocenters. The fourth-order valence-electron chi connectivity index (χ4n) is 4.29. The van der Waals surface area contributed by atoms with Crippen LogP contribution in [0.1, 0.15) is 29.9 Å². The number of hydrogen-bond donors (Lipinski definition) is 0. The SMILES string of the molecule is Cc1ccc2c(c1)N(C(=O)OCc1cccc3ccccc13)C(C)(C)c1ssc(=S)c1-2. The van der Waals surface area contributed by atoms with Crippen LogP contribution in [0.15, 0.2) is 60.7 Å². The Bertz CT molecular complexity index is 1380. The first-order valence-electron chi connectivity index (χ1n) is 10.1. The van der Waals surface area contributed by atoms with Gasteiger partial charge in [0.1, 0.15) is 10.4 Å². The summed E-state index contributed by atoms with van der Waals surface area (Å²) in [5.74, 6) is 0. The molecule has 0 spiro atoms. The van der Waals surface area contributed by atoms with Gasteiger partial charge >= 0.3 is 6.09 Å². The van der Waals surface area contributed by atoms with Crippen LogP contribution in [0, 0.1) is 10.7 Å². The summed E-state index contributed by atoms with van der Waals surface area (Å²) in [5, 5.41) is 2.24. The van der Waals surface area contributed by atoms with Crippen LogP contribution in [0.25, 0.3) is 21.9 Å². The summed E-state index contributed by atoms with van der Waals surface area (Å²) >= 11 is 5.64. The number of aryl methyl sites for hydroxylation is 1. The first kappa shape index (κ1) is 20.4. The van der Waals surface area contributed by atoms with Crippen molar-refractivity contribution in [3.8, 4) is 11.1 Å². The minimum absolute atomic E-state index is 0.222. The summed E-state index contributed by atoms with van der Waals surface area (Å²) in [7, 11) is 3.25. The van der Waals surface area contributed by atoms with Gasteiger partial charge in [-0.2, -0.15) is 0 Å². The molecule has 2 heterocycles. The van der Waals surface area contributed by atoms with E-state index in [-0.39, 0.29) is 12.7 Å². The maximum absolute atomic E-state index is 13.5. The molecule has 0 saturated carbocycles. The second-order valence-electron chi connectivity index (χ2n) is 8.27. The lowest BCUT2D eigenvalue weighted by Gasteiger charge is -2.42. The van der Waals surface area contributed by atoms with Crippen LogP contribution in [-0.2, 0) is 16.9 Å². The molecular formula is C25H21NO2S3. The number of ether oxygens (including phenoxy) is 1. The van der Waals surface area contributed by atoms with E-state index >= 15 is 0 Å². The van der Waals surface area contributed by atoms with Gasteiger partial charge in [-0.1, -0.05) is 87.5 Å². The molecule has 156 valence electrons. The number of hydrogen-bond acceptors (Lipinski definition) is 5. The Morgan fingerprint density at radius 3 is 2.68 bits per heavy atom. The third kappa shape index (κ3) is 3.30. The lowest BCUT2D eigenvalue weighted by molar-refractivity contribution is 0.141. The minimum atomic E-state index is -0.551. The molecule has 1 aromatic heterocycles. The minimum Gasteiger partial charge on any atom is -0.444 e. The van der Waals surface area contributed by atoms with E-state index in [1.165, 1.54) is 0 Å². The van der Waals surface area contributed by atoms with E-state index in [0.717, 1.165) is 47.4 Å². The maximum Gasteiger partial charge on any atom is 0.415 e. The zero-order valence-electron chi connectivity index (χ0n) is 17.5. The van der Waals surface area contributed by atoms with Crippen LogP contribution in [0.5, 0.6) is 0 Å². The van der Waals surface area contributed by atoms with Crippen molar-refractivity contribution in [2.75, 3.05) is 4.90 Å². The topological polar surface area (TPSA) is 29.5 Å². The molecule has 0 aliphatic carbocycles. The molecule has 1 aliphatic rings. The Balaban J connectivity index is 1.54. The number of rotatable bonds is 2. The molecule has 3 nitrogen and oxygen atoms in total. The molecule has 3 aromatic carbocycles. The second-order valence-corrected chi connectivity index (χ2v) is 11.1. The van der Waals surface area contributed by atoms with Gasteiger partial charge in [0, 0.05) is 11.1 Å². The smallest absolute Gasteiger partial charge is 0.415 e. The van der Waals surface area contributed by atoms with Crippen molar-refractivity contribution >= 4 is 55.5 Å². The fraction of sp³-hybridized carbons (Fsp3) is 0.200. The van der Waals surface area contributed by atoms with E-state index < -0.39 is 5.54 Å². The Morgan fingerprint density at radius 1 is 1.06 bits per heavy atom. The van der Waals surface area contributed by atoms with Crippen molar-refractivity contribution < 1.29 is 9.53 Å². The number of nitrogens with zero attached hydrogens (tertiary/aromatic N) is 1. The normalized spacial score (nSPS) is 14.2. The zero-order chi connectivity index (χ0) is 21.8. The third-order valence-corrected chi connectivity index (χ3v) is 9.15. The summed E-state index contributed by atoms with van der Waals surface area (Å²) < 4.78 is 6.78. The molecule has 0 N–H and O–H groups in total. The predicted octanol–water partition coefficient (Wildman–Crippen LogP) is 8.06. The van der Waals surface area contributed by atoms with Gasteiger partial charge in [-0.05, 0) is 48.7 Å². The van der Waals surface area contributed by atoms with Crippen molar-refractivity contribution in [2.45, 2.75) is 32.9 Å². The summed E-state index contributed by atoms with van der Waals surface area (Å²) in [4.78, 5) is 16.4. The standard InChI is InChI=1S/C25H21NO2S3/c1-15-11-12-19-20(13-15)26(25(2,3)22-21(19)23(29)31-30-22)24(27)28-14-17-9-6-8-16-7-4-5-10-18(16)17/h4-13H,14H2,1-3H3. The van der Waals surface area contributed by atoms with E-state index in [2.05, 4.69) is 50.2 Å². The molecule has 0 bridgehead atoms. The number of anilines is 1. The van der Waals surface area contributed by atoms with Crippen LogP contribution in [0.3, 0.4) is 0 Å². The highest BCUT2D eigenvalue weighted by Gasteiger charge is 2.43. The fourth-order valence-corrected chi connectivity index (χ4v) is 7.57. The van der Waals surface area contributed by atoms with Crippen molar-refractivity contribution in [1.82, 2.24) is 0 Å². The van der Waals surface area contributed by atoms with Crippen LogP contribution in [0.4, 0.5) is 10.5 Å². The van der Waals surface area contributed by atoms with Gasteiger partial charge < -0.3 is 4.74 Å². The molecule has 1 amide bonds. The van der Waals surface area contributed by atoms with E-state index in [0.29, 0.717) is 0 Å². The van der Waals surface area contributed by atoms with E-state index in [1.54, 1.807) is 25.6 Å². The lowest BCUT2D eigenvalue weighted by atomic mass is 9.87. The van der Waals surface area contributed by atoms with Crippen molar-refractivity contribution in [1.29, 1.82) is 0 Å². The van der Waals surface area contributed by atoms with Crippen molar-refractivity contribution in [2.24, 2.45) is 0 Å². The van der Waals surface area contributed by atoms with Gasteiger partial charge in [-0.3, -0.25) is 4.90 Å². The van der Waals surface area contributed by atoms with Gasteiger partial charge in [-0.15, -0.1) is 0 Å². The molecule has 1 aliphatic heterocycles. The predicted molar refractivity (Wildman–Crippen MR) is 133 cm³/mol. The first-order chi connectivity index (χ1) is 14.9. The molecule has 0 radical (unpaired) electrons. The van der Waals surface area contributed by atoms with Gasteiger partial charge in [0.15, 0.2) is 0 Å². The Kier molecular flexibility index (Phi) is 4.96. The Morgan fingerprint density at radius 2 is 1.84 bits per heavy atom. The number of carbonyl (C=O) groups excluding carboxylic acids is 1. The van der Waals surface area contributed by atoms with Crippen LogP contribution in [-0.4, -0.2) is 6.09 Å². The molecule has 6 heteroatoms. The average molecular weight is 464 g/mol. The third-order valence-electron chi connectivity index (χ3n) is 5.82. The number of benzene rings is 3. The summed E-state index contributed by atoms with van der Waals surface area (Å²) in [6.45, 7) is 6.38. The van der Waals surface area contributed by atoms with E-state index in [1.807, 2.05) is 31.2 Å². The highest BCUT2D eigenvalue weighted by atomic mass is 32.9. The Hall–Kier alpha value is -2.54. The highest BCUT2D eigenvalue weighted by molar-refractivity contribution is 7.80. The molecular weight excluding hydrogens is 442 g/mol. The van der Waals surface area contributed by atoms with E-state index in [4.69, 9.17) is 17.0 Å². The largest absolute Gasteiger partial charge is 0.444 e. The zero-order valence-corrected chi connectivity index (χ0v) is 19.9. The molecule has 5 rings (SSSR count). The van der Waals surface area contributed by atoms with Crippen LogP contribution in [0.2, 0.25) is 0 Å². The van der Waals surface area contributed by atoms with Crippen LogP contribution >= 0.6 is 32.9 Å². The summed E-state index contributed by atoms with van der Waals surface area (Å²) in [5.41, 5.74) is 4.49. The quantitative estimate of drug-likeness (QED) is 0.222. The van der Waals surface area contributed by atoms with Gasteiger partial charge in [-0.25, -0.2) is 4.79 Å². The van der Waals surface area contributed by atoms with Crippen LogP contribution < -0.4 is 4.90 Å². The highest BCUT2D eigenvalue weighted by Crippen LogP contribution is 2.52. The number of fused-ring (bicyclic) bond motifs is 4. The maximum atomic E-state index is 13.5. The second kappa shape index (κ2) is 7.55. The number of carbonyl (C=O) groups is 1. The molecule has 31 heavy (non-hydrogen) atoms. The monoisotopic (exact) mass is 463 g/mol. The lowest BCUT2D eigenvalue weighted by Crippen LogP contribution is -2.48. The molecule has 4 aromatic rings. The van der Waals surface area contributed by atoms with Crippen molar-refractivity contribution in [3.63, 3.8) is 0 Å². The molecule has 0 unspecified atom stereocenters. The summed E-state index contributed by atoms with van der Waals surface area (Å²) in [6.07, 6.45) is -0.347.